The summed E-state index contributed by atoms with van der Waals surface area (Å²) in [6.45, 7) is 12.9. The second-order valence-electron chi connectivity index (χ2n) is 6.73. The number of ether oxygens (including phenoxy) is 1. The monoisotopic (exact) mass is 286 g/mol. The maximum atomic E-state index is 10.1. The minimum Gasteiger partial charge on any atom is -0.389 e. The van der Waals surface area contributed by atoms with E-state index in [2.05, 4.69) is 24.1 Å². The number of aliphatic hydroxyl groups excluding tert-OH is 1. The highest BCUT2D eigenvalue weighted by atomic mass is 16.5. The van der Waals surface area contributed by atoms with Crippen molar-refractivity contribution < 1.29 is 9.84 Å². The first-order valence-corrected chi connectivity index (χ1v) is 8.23. The largest absolute Gasteiger partial charge is 0.389 e. The van der Waals surface area contributed by atoms with Crippen LogP contribution in [0.4, 0.5) is 0 Å². The summed E-state index contributed by atoms with van der Waals surface area (Å²) in [7, 11) is 0. The third-order valence-corrected chi connectivity index (χ3v) is 3.75. The molecule has 0 aromatic rings. The van der Waals surface area contributed by atoms with E-state index in [1.54, 1.807) is 0 Å². The molecule has 1 heterocycles. The molecule has 0 aromatic carbocycles. The molecule has 1 aliphatic heterocycles. The van der Waals surface area contributed by atoms with Crippen molar-refractivity contribution in [2.24, 2.45) is 5.92 Å². The summed E-state index contributed by atoms with van der Waals surface area (Å²) >= 11 is 0. The number of nitrogens with one attached hydrogen (secondary N) is 1. The number of rotatable bonds is 9. The number of aliphatic hydroxyl groups is 1. The number of piperidine rings is 1. The molecule has 0 saturated carbocycles. The van der Waals surface area contributed by atoms with Crippen molar-refractivity contribution in [2.75, 3.05) is 32.8 Å². The molecule has 2 atom stereocenters. The quantitative estimate of drug-likeness (QED) is 0.679. The molecular formula is C16H34N2O2. The van der Waals surface area contributed by atoms with Gasteiger partial charge in [-0.25, -0.2) is 0 Å². The molecule has 1 rings (SSSR count). The van der Waals surface area contributed by atoms with Crippen molar-refractivity contribution in [2.45, 2.75) is 65.2 Å². The van der Waals surface area contributed by atoms with Crippen molar-refractivity contribution >= 4 is 0 Å². The topological polar surface area (TPSA) is 44.7 Å². The summed E-state index contributed by atoms with van der Waals surface area (Å²) < 4.78 is 5.50. The van der Waals surface area contributed by atoms with Crippen LogP contribution in [0.5, 0.6) is 0 Å². The van der Waals surface area contributed by atoms with Crippen LogP contribution in [0.25, 0.3) is 0 Å². The Morgan fingerprint density at radius 3 is 2.65 bits per heavy atom. The molecule has 0 radical (unpaired) electrons. The van der Waals surface area contributed by atoms with Crippen LogP contribution in [0.15, 0.2) is 0 Å². The molecular weight excluding hydrogens is 252 g/mol. The second kappa shape index (κ2) is 9.72. The minimum atomic E-state index is -0.372. The zero-order chi connectivity index (χ0) is 15.0. The summed E-state index contributed by atoms with van der Waals surface area (Å²) in [5.41, 5.74) is 0. The Bertz CT molecular complexity index is 247. The van der Waals surface area contributed by atoms with Crippen LogP contribution in [0.1, 0.15) is 47.0 Å². The van der Waals surface area contributed by atoms with Gasteiger partial charge in [-0.15, -0.1) is 0 Å². The van der Waals surface area contributed by atoms with E-state index in [0.29, 0.717) is 18.6 Å². The highest BCUT2D eigenvalue weighted by molar-refractivity contribution is 4.80. The van der Waals surface area contributed by atoms with Crippen molar-refractivity contribution in [3.05, 3.63) is 0 Å². The normalized spacial score (nSPS) is 22.6. The summed E-state index contributed by atoms with van der Waals surface area (Å²) in [6.07, 6.45) is 3.61. The van der Waals surface area contributed by atoms with Crippen LogP contribution in [0, 0.1) is 5.92 Å². The Morgan fingerprint density at radius 1 is 1.25 bits per heavy atom. The number of likely N-dealkylation sites (tertiary alicyclic amines) is 1. The van der Waals surface area contributed by atoms with Gasteiger partial charge in [-0.05, 0) is 45.7 Å². The van der Waals surface area contributed by atoms with Crippen LogP contribution in [0.2, 0.25) is 0 Å². The Kier molecular flexibility index (Phi) is 8.69. The first-order chi connectivity index (χ1) is 9.49. The van der Waals surface area contributed by atoms with E-state index in [0.717, 1.165) is 26.2 Å². The smallest absolute Gasteiger partial charge is 0.0900 e. The first-order valence-electron chi connectivity index (χ1n) is 8.23. The van der Waals surface area contributed by atoms with E-state index in [4.69, 9.17) is 4.74 Å². The van der Waals surface area contributed by atoms with Crippen LogP contribution < -0.4 is 5.32 Å². The van der Waals surface area contributed by atoms with Crippen molar-refractivity contribution in [3.63, 3.8) is 0 Å². The van der Waals surface area contributed by atoms with E-state index < -0.39 is 0 Å². The molecule has 0 aliphatic carbocycles. The molecule has 2 unspecified atom stereocenters. The maximum Gasteiger partial charge on any atom is 0.0900 e. The van der Waals surface area contributed by atoms with E-state index >= 15 is 0 Å². The van der Waals surface area contributed by atoms with E-state index in [1.807, 2.05) is 13.8 Å². The number of nitrogens with zero attached hydrogens (tertiary/aromatic N) is 1. The highest BCUT2D eigenvalue weighted by Gasteiger charge is 2.24. The van der Waals surface area contributed by atoms with Gasteiger partial charge in [0, 0.05) is 19.1 Å². The predicted molar refractivity (Wildman–Crippen MR) is 84.0 cm³/mol. The van der Waals surface area contributed by atoms with E-state index in [-0.39, 0.29) is 12.2 Å². The summed E-state index contributed by atoms with van der Waals surface area (Å²) in [5.74, 6) is 0.692. The lowest BCUT2D eigenvalue weighted by atomic mass is 10.0. The number of hydrogen-bond acceptors (Lipinski definition) is 4. The van der Waals surface area contributed by atoms with Crippen LogP contribution in [-0.4, -0.2) is 61.0 Å². The Hall–Kier alpha value is -0.160. The lowest BCUT2D eigenvalue weighted by Gasteiger charge is -2.37. The SMILES string of the molecule is CC(C)CNCC1CCCCN1CC(O)COC(C)C. The fraction of sp³-hybridized carbons (Fsp3) is 1.00. The van der Waals surface area contributed by atoms with Gasteiger partial charge in [0.25, 0.3) is 0 Å². The molecule has 0 aromatic heterocycles. The summed E-state index contributed by atoms with van der Waals surface area (Å²) in [4.78, 5) is 2.44. The average molecular weight is 286 g/mol. The van der Waals surface area contributed by atoms with E-state index in [9.17, 15) is 5.11 Å². The number of β-amino-alcohol motifs (C(OH)–C–C–N with tert-alkyl or cyclic N) is 1. The second-order valence-corrected chi connectivity index (χ2v) is 6.73. The highest BCUT2D eigenvalue weighted by Crippen LogP contribution is 2.17. The molecule has 4 heteroatoms. The molecule has 0 spiro atoms. The molecule has 0 amide bonds. The van der Waals surface area contributed by atoms with E-state index in [1.165, 1.54) is 19.3 Å². The third kappa shape index (κ3) is 7.58. The Morgan fingerprint density at radius 2 is 2.00 bits per heavy atom. The maximum absolute atomic E-state index is 10.1. The third-order valence-electron chi connectivity index (χ3n) is 3.75. The molecule has 4 nitrogen and oxygen atoms in total. The van der Waals surface area contributed by atoms with Gasteiger partial charge in [0.15, 0.2) is 0 Å². The van der Waals surface area contributed by atoms with Crippen molar-refractivity contribution in [1.29, 1.82) is 0 Å². The van der Waals surface area contributed by atoms with Gasteiger partial charge < -0.3 is 15.2 Å². The molecule has 0 bridgehead atoms. The summed E-state index contributed by atoms with van der Waals surface area (Å²) in [6, 6.07) is 0.566. The van der Waals surface area contributed by atoms with Gasteiger partial charge in [0.1, 0.15) is 0 Å². The summed E-state index contributed by atoms with van der Waals surface area (Å²) in [5, 5.41) is 13.6. The van der Waals surface area contributed by atoms with Crippen LogP contribution in [-0.2, 0) is 4.74 Å². The standard InChI is InChI=1S/C16H34N2O2/c1-13(2)9-17-10-15-7-5-6-8-18(15)11-16(19)12-20-14(3)4/h13-17,19H,5-12H2,1-4H3. The molecule has 2 N–H and O–H groups in total. The Balaban J connectivity index is 2.31. The molecule has 1 fully saturated rings. The van der Waals surface area contributed by atoms with Gasteiger partial charge in [-0.2, -0.15) is 0 Å². The predicted octanol–water partition coefficient (Wildman–Crippen LogP) is 1.87. The van der Waals surface area contributed by atoms with Gasteiger partial charge >= 0.3 is 0 Å². The van der Waals surface area contributed by atoms with Crippen molar-refractivity contribution in [1.82, 2.24) is 10.2 Å². The van der Waals surface area contributed by atoms with Gasteiger partial charge in [0.05, 0.1) is 18.8 Å². The molecule has 1 aliphatic rings. The molecule has 120 valence electrons. The molecule has 20 heavy (non-hydrogen) atoms. The van der Waals surface area contributed by atoms with Crippen LogP contribution in [0.3, 0.4) is 0 Å². The minimum absolute atomic E-state index is 0.189. The lowest BCUT2D eigenvalue weighted by molar-refractivity contribution is -0.0183. The van der Waals surface area contributed by atoms with Gasteiger partial charge in [0.2, 0.25) is 0 Å². The van der Waals surface area contributed by atoms with Gasteiger partial charge in [-0.1, -0.05) is 20.3 Å². The van der Waals surface area contributed by atoms with Gasteiger partial charge in [-0.3, -0.25) is 4.90 Å². The average Bonchev–Trinajstić information content (AvgIpc) is 2.38. The number of hydrogen-bond donors (Lipinski definition) is 2. The van der Waals surface area contributed by atoms with Crippen LogP contribution >= 0.6 is 0 Å². The van der Waals surface area contributed by atoms with Crippen molar-refractivity contribution in [3.8, 4) is 0 Å². The first kappa shape index (κ1) is 17.9. The Labute approximate surface area is 124 Å². The molecule has 1 saturated heterocycles. The zero-order valence-electron chi connectivity index (χ0n) is 13.8. The fourth-order valence-corrected chi connectivity index (χ4v) is 2.70. The lowest BCUT2D eigenvalue weighted by Crippen LogP contribution is -2.49. The zero-order valence-corrected chi connectivity index (χ0v) is 13.8. The fourth-order valence-electron chi connectivity index (χ4n) is 2.70.